The van der Waals surface area contributed by atoms with Gasteiger partial charge in [0.15, 0.2) is 5.78 Å². The minimum absolute atomic E-state index is 0.0243. The van der Waals surface area contributed by atoms with Crippen LogP contribution >= 0.6 is 11.6 Å². The zero-order valence-corrected chi connectivity index (χ0v) is 11.4. The molecule has 0 aliphatic carbocycles. The van der Waals surface area contributed by atoms with Gasteiger partial charge in [-0.15, -0.1) is 0 Å². The molecule has 1 aromatic rings. The Hall–Kier alpha value is -0.930. The molecule has 4 heteroatoms. The summed E-state index contributed by atoms with van der Waals surface area (Å²) in [5.74, 6) is 0.0569. The number of carbonyl (C=O) groups excluding carboxylic acids is 1. The Kier molecular flexibility index (Phi) is 3.59. The van der Waals surface area contributed by atoms with Gasteiger partial charge in [-0.25, -0.2) is 4.39 Å². The van der Waals surface area contributed by atoms with Crippen LogP contribution in [-0.4, -0.2) is 17.9 Å². The van der Waals surface area contributed by atoms with Gasteiger partial charge in [-0.1, -0.05) is 11.6 Å². The highest BCUT2D eigenvalue weighted by atomic mass is 35.5. The van der Waals surface area contributed by atoms with Crippen molar-refractivity contribution in [2.75, 3.05) is 0 Å². The van der Waals surface area contributed by atoms with E-state index in [1.165, 1.54) is 31.0 Å². The third-order valence-corrected chi connectivity index (χ3v) is 4.58. The highest BCUT2D eigenvalue weighted by Crippen LogP contribution is 2.33. The Bertz CT molecular complexity index is 493. The molecule has 1 N–H and O–H groups in total. The molecule has 0 amide bonds. The van der Waals surface area contributed by atoms with E-state index in [-0.39, 0.29) is 10.8 Å². The molecule has 0 spiro atoms. The van der Waals surface area contributed by atoms with Crippen molar-refractivity contribution in [2.24, 2.45) is 5.92 Å². The van der Waals surface area contributed by atoms with Gasteiger partial charge in [0.25, 0.3) is 0 Å². The van der Waals surface area contributed by atoms with Crippen molar-refractivity contribution in [3.05, 3.63) is 34.6 Å². The molecule has 0 aromatic heterocycles. The summed E-state index contributed by atoms with van der Waals surface area (Å²) in [5.41, 5.74) is 0.525. The summed E-state index contributed by atoms with van der Waals surface area (Å²) in [6.45, 7) is 0. The van der Waals surface area contributed by atoms with E-state index >= 15 is 0 Å². The Labute approximate surface area is 117 Å². The fourth-order valence-corrected chi connectivity index (χ4v) is 3.57. The van der Waals surface area contributed by atoms with Crippen molar-refractivity contribution in [1.82, 2.24) is 5.32 Å². The highest BCUT2D eigenvalue weighted by Gasteiger charge is 2.34. The zero-order valence-electron chi connectivity index (χ0n) is 10.7. The smallest absolute Gasteiger partial charge is 0.163 e. The number of ketones is 1. The molecule has 2 fully saturated rings. The summed E-state index contributed by atoms with van der Waals surface area (Å²) in [4.78, 5) is 12.2. The Morgan fingerprint density at radius 1 is 1.32 bits per heavy atom. The lowest BCUT2D eigenvalue weighted by Gasteiger charge is -2.28. The Morgan fingerprint density at radius 3 is 2.63 bits per heavy atom. The molecule has 2 saturated heterocycles. The largest absolute Gasteiger partial charge is 0.311 e. The van der Waals surface area contributed by atoms with Gasteiger partial charge in [-0.05, 0) is 49.8 Å². The molecule has 0 saturated carbocycles. The third-order valence-electron chi connectivity index (χ3n) is 4.29. The van der Waals surface area contributed by atoms with Crippen LogP contribution in [0.4, 0.5) is 4.39 Å². The lowest BCUT2D eigenvalue weighted by Crippen LogP contribution is -2.38. The number of Topliss-reactive ketones (excluding diaryl/α,β-unsaturated/α-hetero) is 1. The van der Waals surface area contributed by atoms with Crippen molar-refractivity contribution >= 4 is 17.4 Å². The molecule has 0 radical (unpaired) electrons. The SMILES string of the molecule is O=C(C[C@H]1C[C@H]2CC[C@@H](C1)N2)c1ccc(F)c(Cl)c1. The molecule has 1 aromatic carbocycles. The fraction of sp³-hybridized carbons (Fsp3) is 0.533. The van der Waals surface area contributed by atoms with Gasteiger partial charge < -0.3 is 5.32 Å². The van der Waals surface area contributed by atoms with E-state index in [1.807, 2.05) is 0 Å². The topological polar surface area (TPSA) is 29.1 Å². The average Bonchev–Trinajstić information content (AvgIpc) is 2.72. The van der Waals surface area contributed by atoms with Gasteiger partial charge >= 0.3 is 0 Å². The lowest BCUT2D eigenvalue weighted by atomic mass is 9.87. The molecule has 102 valence electrons. The van der Waals surface area contributed by atoms with Crippen molar-refractivity contribution in [2.45, 2.75) is 44.2 Å². The molecular formula is C15H17ClFNO. The maximum Gasteiger partial charge on any atom is 0.163 e. The number of nitrogens with one attached hydrogen (secondary N) is 1. The molecule has 2 bridgehead atoms. The number of rotatable bonds is 3. The standard InChI is InChI=1S/C15H17ClFNO/c16-13-8-10(1-4-14(13)17)15(19)7-9-5-11-2-3-12(6-9)18-11/h1,4,8-9,11-12,18H,2-3,5-7H2/t9-,11+,12-. The fourth-order valence-electron chi connectivity index (χ4n) is 3.39. The van der Waals surface area contributed by atoms with Crippen molar-refractivity contribution < 1.29 is 9.18 Å². The molecular weight excluding hydrogens is 265 g/mol. The van der Waals surface area contributed by atoms with Crippen LogP contribution in [0.15, 0.2) is 18.2 Å². The van der Waals surface area contributed by atoms with Gasteiger partial charge in [0.2, 0.25) is 0 Å². The molecule has 2 heterocycles. The van der Waals surface area contributed by atoms with Crippen LogP contribution in [0, 0.1) is 11.7 Å². The molecule has 3 atom stereocenters. The van der Waals surface area contributed by atoms with E-state index < -0.39 is 5.82 Å². The zero-order chi connectivity index (χ0) is 13.4. The minimum atomic E-state index is -0.474. The maximum atomic E-state index is 13.1. The summed E-state index contributed by atoms with van der Waals surface area (Å²) >= 11 is 5.72. The number of benzene rings is 1. The van der Waals surface area contributed by atoms with E-state index in [0.29, 0.717) is 30.0 Å². The van der Waals surface area contributed by atoms with E-state index in [0.717, 1.165) is 12.8 Å². The number of halogens is 2. The summed E-state index contributed by atoms with van der Waals surface area (Å²) in [6, 6.07) is 5.41. The van der Waals surface area contributed by atoms with E-state index in [1.54, 1.807) is 0 Å². The number of hydrogen-bond donors (Lipinski definition) is 1. The molecule has 2 aliphatic heterocycles. The summed E-state index contributed by atoms with van der Waals surface area (Å²) < 4.78 is 13.1. The van der Waals surface area contributed by atoms with Crippen molar-refractivity contribution in [3.63, 3.8) is 0 Å². The molecule has 3 rings (SSSR count). The van der Waals surface area contributed by atoms with Crippen molar-refractivity contribution in [3.8, 4) is 0 Å². The number of piperidine rings is 1. The Morgan fingerprint density at radius 2 is 2.00 bits per heavy atom. The second-order valence-electron chi connectivity index (χ2n) is 5.73. The lowest BCUT2D eigenvalue weighted by molar-refractivity contribution is 0.0945. The van der Waals surface area contributed by atoms with E-state index in [2.05, 4.69) is 5.32 Å². The first-order valence-corrected chi connectivity index (χ1v) is 7.24. The van der Waals surface area contributed by atoms with Crippen LogP contribution in [0.25, 0.3) is 0 Å². The summed E-state index contributed by atoms with van der Waals surface area (Å²) in [6.07, 6.45) is 5.18. The number of hydrogen-bond acceptors (Lipinski definition) is 2. The summed E-state index contributed by atoms with van der Waals surface area (Å²) in [5, 5.41) is 3.59. The first-order chi connectivity index (χ1) is 9.11. The first kappa shape index (κ1) is 13.1. The van der Waals surface area contributed by atoms with Crippen LogP contribution in [0.3, 0.4) is 0 Å². The van der Waals surface area contributed by atoms with Gasteiger partial charge in [0.1, 0.15) is 5.82 Å². The van der Waals surface area contributed by atoms with Crippen LogP contribution in [0.5, 0.6) is 0 Å². The van der Waals surface area contributed by atoms with Crippen molar-refractivity contribution in [1.29, 1.82) is 0 Å². The Balaban J connectivity index is 1.66. The summed E-state index contributed by atoms with van der Waals surface area (Å²) in [7, 11) is 0. The highest BCUT2D eigenvalue weighted by molar-refractivity contribution is 6.31. The van der Waals surface area contributed by atoms with Crippen LogP contribution < -0.4 is 5.32 Å². The predicted molar refractivity (Wildman–Crippen MR) is 73.0 cm³/mol. The predicted octanol–water partition coefficient (Wildman–Crippen LogP) is 3.58. The molecule has 19 heavy (non-hydrogen) atoms. The number of carbonyl (C=O) groups is 1. The maximum absolute atomic E-state index is 13.1. The molecule has 2 aliphatic rings. The van der Waals surface area contributed by atoms with Gasteiger partial charge in [0.05, 0.1) is 5.02 Å². The normalized spacial score (nSPS) is 29.5. The molecule has 2 nitrogen and oxygen atoms in total. The quantitative estimate of drug-likeness (QED) is 0.858. The van der Waals surface area contributed by atoms with Crippen LogP contribution in [-0.2, 0) is 0 Å². The second kappa shape index (κ2) is 5.22. The van der Waals surface area contributed by atoms with Gasteiger partial charge in [-0.2, -0.15) is 0 Å². The van der Waals surface area contributed by atoms with Crippen LogP contribution in [0.2, 0.25) is 5.02 Å². The minimum Gasteiger partial charge on any atom is -0.311 e. The second-order valence-corrected chi connectivity index (χ2v) is 6.14. The monoisotopic (exact) mass is 281 g/mol. The van der Waals surface area contributed by atoms with E-state index in [9.17, 15) is 9.18 Å². The van der Waals surface area contributed by atoms with E-state index in [4.69, 9.17) is 11.6 Å². The third kappa shape index (κ3) is 2.82. The number of fused-ring (bicyclic) bond motifs is 2. The average molecular weight is 282 g/mol. The molecule has 0 unspecified atom stereocenters. The van der Waals surface area contributed by atoms with Gasteiger partial charge in [0, 0.05) is 24.1 Å². The van der Waals surface area contributed by atoms with Crippen LogP contribution in [0.1, 0.15) is 42.5 Å². The van der Waals surface area contributed by atoms with Gasteiger partial charge in [-0.3, -0.25) is 4.79 Å². The first-order valence-electron chi connectivity index (χ1n) is 6.86.